The second-order valence-electron chi connectivity index (χ2n) is 5.38. The number of nitrogens with two attached hydrogens (primary N) is 1. The van der Waals surface area contributed by atoms with Crippen LogP contribution in [0.15, 0.2) is 18.2 Å². The zero-order valence-corrected chi connectivity index (χ0v) is 11.3. The molecule has 8 heteroatoms. The zero-order valence-electron chi connectivity index (χ0n) is 11.3. The predicted molar refractivity (Wildman–Crippen MR) is 71.1 cm³/mol. The molecule has 0 saturated carbocycles. The number of halogens is 1. The summed E-state index contributed by atoms with van der Waals surface area (Å²) in [6.07, 6.45) is 0. The lowest BCUT2D eigenvalue weighted by Gasteiger charge is -2.19. The molecule has 1 aromatic carbocycles. The second-order valence-corrected chi connectivity index (χ2v) is 5.38. The number of nitrogen functional groups attached to an aromatic ring is 1. The van der Waals surface area contributed by atoms with E-state index in [9.17, 15) is 14.5 Å². The molecule has 0 atom stereocenters. The molecule has 0 aliphatic rings. The van der Waals surface area contributed by atoms with Gasteiger partial charge < -0.3 is 5.73 Å². The lowest BCUT2D eigenvalue weighted by molar-refractivity contribution is -0.384. The van der Waals surface area contributed by atoms with Crippen LogP contribution in [-0.4, -0.2) is 19.9 Å². The SMILES string of the molecule is CC(C)(C)c1c(N)nnn1-c1ccc(F)cc1[N+](=O)[O-]. The molecule has 2 N–H and O–H groups in total. The van der Waals surface area contributed by atoms with Crippen molar-refractivity contribution in [2.24, 2.45) is 0 Å². The van der Waals surface area contributed by atoms with E-state index in [2.05, 4.69) is 10.3 Å². The third kappa shape index (κ3) is 2.31. The van der Waals surface area contributed by atoms with Crippen molar-refractivity contribution in [1.82, 2.24) is 15.0 Å². The maximum absolute atomic E-state index is 13.2. The van der Waals surface area contributed by atoms with Gasteiger partial charge in [0.05, 0.1) is 16.7 Å². The van der Waals surface area contributed by atoms with E-state index < -0.39 is 16.2 Å². The van der Waals surface area contributed by atoms with Gasteiger partial charge in [-0.2, -0.15) is 0 Å². The van der Waals surface area contributed by atoms with Crippen molar-refractivity contribution >= 4 is 11.5 Å². The van der Waals surface area contributed by atoms with E-state index in [1.54, 1.807) is 0 Å². The molecule has 0 fully saturated rings. The van der Waals surface area contributed by atoms with Gasteiger partial charge in [0.2, 0.25) is 0 Å². The molecule has 0 aliphatic carbocycles. The molecule has 20 heavy (non-hydrogen) atoms. The number of anilines is 1. The summed E-state index contributed by atoms with van der Waals surface area (Å²) in [5, 5.41) is 18.7. The first-order valence-corrected chi connectivity index (χ1v) is 5.88. The number of nitrogens with zero attached hydrogens (tertiary/aromatic N) is 4. The Labute approximate surface area is 114 Å². The molecule has 2 aromatic rings. The van der Waals surface area contributed by atoms with Crippen LogP contribution in [0.2, 0.25) is 0 Å². The molecule has 7 nitrogen and oxygen atoms in total. The lowest BCUT2D eigenvalue weighted by atomic mass is 9.91. The van der Waals surface area contributed by atoms with E-state index in [0.717, 1.165) is 12.1 Å². The van der Waals surface area contributed by atoms with E-state index in [4.69, 9.17) is 5.73 Å². The predicted octanol–water partition coefficient (Wildman–Crippen LogP) is 2.19. The van der Waals surface area contributed by atoms with Gasteiger partial charge in [-0.3, -0.25) is 10.1 Å². The minimum Gasteiger partial charge on any atom is -0.381 e. The smallest absolute Gasteiger partial charge is 0.297 e. The number of rotatable bonds is 2. The van der Waals surface area contributed by atoms with Crippen molar-refractivity contribution < 1.29 is 9.31 Å². The first-order chi connectivity index (χ1) is 9.21. The van der Waals surface area contributed by atoms with Gasteiger partial charge >= 0.3 is 0 Å². The number of nitro groups is 1. The van der Waals surface area contributed by atoms with E-state index in [1.165, 1.54) is 10.7 Å². The first-order valence-electron chi connectivity index (χ1n) is 5.88. The van der Waals surface area contributed by atoms with Crippen molar-refractivity contribution in [3.05, 3.63) is 39.8 Å². The largest absolute Gasteiger partial charge is 0.381 e. The van der Waals surface area contributed by atoms with Crippen LogP contribution in [0.5, 0.6) is 0 Å². The fourth-order valence-electron chi connectivity index (χ4n) is 1.99. The van der Waals surface area contributed by atoms with Gasteiger partial charge in [0.15, 0.2) is 5.82 Å². The second kappa shape index (κ2) is 4.55. The highest BCUT2D eigenvalue weighted by Crippen LogP contribution is 2.31. The maximum atomic E-state index is 13.2. The molecule has 0 radical (unpaired) electrons. The minimum absolute atomic E-state index is 0.130. The Hall–Kier alpha value is -2.51. The standard InChI is InChI=1S/C12H14FN5O2/c1-12(2,3)10-11(14)15-16-17(10)8-5-4-7(13)6-9(8)18(19)20/h4-6H,14H2,1-3H3. The van der Waals surface area contributed by atoms with Crippen molar-refractivity contribution in [2.75, 3.05) is 5.73 Å². The Morgan fingerprint density at radius 3 is 2.60 bits per heavy atom. The Balaban J connectivity index is 2.73. The summed E-state index contributed by atoms with van der Waals surface area (Å²) in [6.45, 7) is 5.65. The number of hydrogen-bond acceptors (Lipinski definition) is 5. The van der Waals surface area contributed by atoms with Gasteiger partial charge in [-0.15, -0.1) is 5.10 Å². The summed E-state index contributed by atoms with van der Waals surface area (Å²) in [4.78, 5) is 10.4. The third-order valence-corrected chi connectivity index (χ3v) is 2.77. The van der Waals surface area contributed by atoms with Gasteiger partial charge in [-0.1, -0.05) is 26.0 Å². The maximum Gasteiger partial charge on any atom is 0.297 e. The van der Waals surface area contributed by atoms with E-state index >= 15 is 0 Å². The summed E-state index contributed by atoms with van der Waals surface area (Å²) in [5.41, 5.74) is 5.64. The fraction of sp³-hybridized carbons (Fsp3) is 0.333. The van der Waals surface area contributed by atoms with E-state index in [-0.39, 0.29) is 17.2 Å². The monoisotopic (exact) mass is 279 g/mol. The van der Waals surface area contributed by atoms with Gasteiger partial charge in [0.1, 0.15) is 11.5 Å². The Kier molecular flexibility index (Phi) is 3.16. The highest BCUT2D eigenvalue weighted by molar-refractivity contribution is 5.55. The molecule has 0 bridgehead atoms. The number of nitro benzene ring substituents is 1. The first kappa shape index (κ1) is 13.9. The Bertz CT molecular complexity index is 675. The van der Waals surface area contributed by atoms with Crippen molar-refractivity contribution in [1.29, 1.82) is 0 Å². The molecule has 1 heterocycles. The normalized spacial score (nSPS) is 11.6. The van der Waals surface area contributed by atoms with Crippen molar-refractivity contribution in [3.8, 4) is 5.69 Å². The summed E-state index contributed by atoms with van der Waals surface area (Å²) < 4.78 is 14.5. The van der Waals surface area contributed by atoms with Crippen LogP contribution in [0.3, 0.4) is 0 Å². The fourth-order valence-corrected chi connectivity index (χ4v) is 1.99. The zero-order chi connectivity index (χ0) is 15.1. The minimum atomic E-state index is -0.689. The number of benzene rings is 1. The van der Waals surface area contributed by atoms with Crippen LogP contribution < -0.4 is 5.73 Å². The Morgan fingerprint density at radius 2 is 2.05 bits per heavy atom. The van der Waals surface area contributed by atoms with Crippen molar-refractivity contribution in [2.45, 2.75) is 26.2 Å². The number of aromatic nitrogens is 3. The molecule has 0 amide bonds. The highest BCUT2D eigenvalue weighted by atomic mass is 19.1. The topological polar surface area (TPSA) is 99.9 Å². The van der Waals surface area contributed by atoms with Crippen LogP contribution in [0.4, 0.5) is 15.9 Å². The number of hydrogen-bond donors (Lipinski definition) is 1. The van der Waals surface area contributed by atoms with Crippen LogP contribution in [-0.2, 0) is 5.41 Å². The van der Waals surface area contributed by atoms with Crippen LogP contribution in [0, 0.1) is 15.9 Å². The molecule has 0 saturated heterocycles. The molecule has 2 rings (SSSR count). The van der Waals surface area contributed by atoms with E-state index in [1.807, 2.05) is 20.8 Å². The molecule has 1 aromatic heterocycles. The quantitative estimate of drug-likeness (QED) is 0.671. The lowest BCUT2D eigenvalue weighted by Crippen LogP contribution is -2.19. The highest BCUT2D eigenvalue weighted by Gasteiger charge is 2.28. The molecular formula is C12H14FN5O2. The molecule has 106 valence electrons. The molecule has 0 unspecified atom stereocenters. The van der Waals surface area contributed by atoms with E-state index in [0.29, 0.717) is 5.69 Å². The van der Waals surface area contributed by atoms with Crippen LogP contribution in [0.1, 0.15) is 26.5 Å². The third-order valence-electron chi connectivity index (χ3n) is 2.77. The van der Waals surface area contributed by atoms with Crippen LogP contribution >= 0.6 is 0 Å². The summed E-state index contributed by atoms with van der Waals surface area (Å²) >= 11 is 0. The van der Waals surface area contributed by atoms with Crippen molar-refractivity contribution in [3.63, 3.8) is 0 Å². The Morgan fingerprint density at radius 1 is 1.40 bits per heavy atom. The average molecular weight is 279 g/mol. The van der Waals surface area contributed by atoms with Gasteiger partial charge in [0, 0.05) is 5.41 Å². The average Bonchev–Trinajstić information content (AvgIpc) is 2.70. The van der Waals surface area contributed by atoms with Gasteiger partial charge in [0.25, 0.3) is 5.69 Å². The summed E-state index contributed by atoms with van der Waals surface area (Å²) in [7, 11) is 0. The molecular weight excluding hydrogens is 265 g/mol. The molecule has 0 aliphatic heterocycles. The van der Waals surface area contributed by atoms with Crippen LogP contribution in [0.25, 0.3) is 5.69 Å². The summed E-state index contributed by atoms with van der Waals surface area (Å²) in [6, 6.07) is 3.27. The van der Waals surface area contributed by atoms with Gasteiger partial charge in [-0.05, 0) is 12.1 Å². The summed E-state index contributed by atoms with van der Waals surface area (Å²) in [5.74, 6) is -0.498. The molecule has 0 spiro atoms. The van der Waals surface area contributed by atoms with Gasteiger partial charge in [-0.25, -0.2) is 9.07 Å².